The molecule has 0 radical (unpaired) electrons. The largest absolute Gasteiger partial charge is 0.480 e. The summed E-state index contributed by atoms with van der Waals surface area (Å²) in [4.78, 5) is 10.8. The predicted octanol–water partition coefficient (Wildman–Crippen LogP) is 0.993. The second kappa shape index (κ2) is 4.85. The van der Waals surface area contributed by atoms with Gasteiger partial charge in [-0.1, -0.05) is 0 Å². The Hall–Kier alpha value is -0.750. The lowest BCUT2D eigenvalue weighted by Crippen LogP contribution is -2.51. The SMILES string of the molecule is NC1(C(=O)O)CCC(OCC(F)F)CC1. The van der Waals surface area contributed by atoms with Crippen LogP contribution in [0.25, 0.3) is 0 Å². The first-order chi connectivity index (χ1) is 6.94. The highest BCUT2D eigenvalue weighted by Gasteiger charge is 2.38. The predicted molar refractivity (Wildman–Crippen MR) is 48.8 cm³/mol. The molecule has 15 heavy (non-hydrogen) atoms. The van der Waals surface area contributed by atoms with Crippen LogP contribution in [-0.4, -0.2) is 35.8 Å². The molecule has 0 aromatic carbocycles. The fraction of sp³-hybridized carbons (Fsp3) is 0.889. The van der Waals surface area contributed by atoms with Gasteiger partial charge in [-0.25, -0.2) is 8.78 Å². The van der Waals surface area contributed by atoms with E-state index in [-0.39, 0.29) is 18.9 Å². The van der Waals surface area contributed by atoms with Crippen molar-refractivity contribution >= 4 is 5.97 Å². The van der Waals surface area contributed by atoms with E-state index >= 15 is 0 Å². The molecule has 6 heteroatoms. The lowest BCUT2D eigenvalue weighted by molar-refractivity contribution is -0.146. The molecule has 1 saturated carbocycles. The van der Waals surface area contributed by atoms with Gasteiger partial charge in [0.05, 0.1) is 6.10 Å². The monoisotopic (exact) mass is 223 g/mol. The van der Waals surface area contributed by atoms with Gasteiger partial charge in [0.2, 0.25) is 0 Å². The quantitative estimate of drug-likeness (QED) is 0.745. The van der Waals surface area contributed by atoms with Crippen LogP contribution in [0.4, 0.5) is 8.78 Å². The normalized spacial score (nSPS) is 31.9. The molecule has 0 saturated heterocycles. The maximum absolute atomic E-state index is 11.8. The van der Waals surface area contributed by atoms with E-state index < -0.39 is 24.5 Å². The summed E-state index contributed by atoms with van der Waals surface area (Å²) in [6.45, 7) is -0.588. The molecule has 1 rings (SSSR count). The topological polar surface area (TPSA) is 72.6 Å². The van der Waals surface area contributed by atoms with Crippen molar-refractivity contribution in [3.8, 4) is 0 Å². The number of carboxylic acids is 1. The number of halogens is 2. The van der Waals surface area contributed by atoms with Gasteiger partial charge in [-0.2, -0.15) is 0 Å². The van der Waals surface area contributed by atoms with Crippen LogP contribution >= 0.6 is 0 Å². The summed E-state index contributed by atoms with van der Waals surface area (Å²) in [5.41, 5.74) is 4.41. The Bertz CT molecular complexity index is 227. The summed E-state index contributed by atoms with van der Waals surface area (Å²) in [6.07, 6.45) is -1.36. The van der Waals surface area contributed by atoms with Gasteiger partial charge in [0.25, 0.3) is 6.43 Å². The molecule has 3 N–H and O–H groups in total. The molecule has 0 spiro atoms. The molecule has 1 fully saturated rings. The minimum absolute atomic E-state index is 0.274. The third kappa shape index (κ3) is 3.39. The summed E-state index contributed by atoms with van der Waals surface area (Å²) in [5.74, 6) is -1.03. The maximum Gasteiger partial charge on any atom is 0.323 e. The van der Waals surface area contributed by atoms with Crippen LogP contribution in [-0.2, 0) is 9.53 Å². The van der Waals surface area contributed by atoms with E-state index in [9.17, 15) is 13.6 Å². The molecule has 0 atom stereocenters. The Morgan fingerprint density at radius 3 is 2.47 bits per heavy atom. The molecule has 0 aromatic heterocycles. The fourth-order valence-electron chi connectivity index (χ4n) is 1.70. The van der Waals surface area contributed by atoms with Crippen molar-refractivity contribution in [1.29, 1.82) is 0 Å². The second-order valence-electron chi connectivity index (χ2n) is 3.89. The van der Waals surface area contributed by atoms with Crippen molar-refractivity contribution in [1.82, 2.24) is 0 Å². The van der Waals surface area contributed by atoms with Gasteiger partial charge in [0, 0.05) is 0 Å². The average Bonchev–Trinajstić information content (AvgIpc) is 2.16. The Kier molecular flexibility index (Phi) is 3.98. The van der Waals surface area contributed by atoms with Crippen molar-refractivity contribution in [2.75, 3.05) is 6.61 Å². The van der Waals surface area contributed by atoms with E-state index in [1.54, 1.807) is 0 Å². The molecule has 0 heterocycles. The molecule has 4 nitrogen and oxygen atoms in total. The van der Waals surface area contributed by atoms with E-state index in [1.807, 2.05) is 0 Å². The molecule has 0 bridgehead atoms. The third-order valence-corrected chi connectivity index (χ3v) is 2.71. The Morgan fingerprint density at radius 1 is 1.53 bits per heavy atom. The van der Waals surface area contributed by atoms with Gasteiger partial charge in [-0.05, 0) is 25.7 Å². The van der Waals surface area contributed by atoms with Crippen molar-refractivity contribution in [2.45, 2.75) is 43.8 Å². The number of alkyl halides is 2. The van der Waals surface area contributed by atoms with Gasteiger partial charge in [0.15, 0.2) is 0 Å². The lowest BCUT2D eigenvalue weighted by Gasteiger charge is -2.33. The molecule has 0 aliphatic heterocycles. The number of carbonyl (C=O) groups is 1. The highest BCUT2D eigenvalue weighted by Crippen LogP contribution is 2.28. The number of nitrogens with two attached hydrogens (primary N) is 1. The van der Waals surface area contributed by atoms with Gasteiger partial charge < -0.3 is 15.6 Å². The van der Waals surface area contributed by atoms with E-state index in [4.69, 9.17) is 15.6 Å². The lowest BCUT2D eigenvalue weighted by atomic mass is 9.81. The highest BCUT2D eigenvalue weighted by atomic mass is 19.3. The molecule has 1 aliphatic rings. The summed E-state index contributed by atoms with van der Waals surface area (Å²) in [6, 6.07) is 0. The van der Waals surface area contributed by atoms with Crippen molar-refractivity contribution < 1.29 is 23.4 Å². The maximum atomic E-state index is 11.8. The zero-order valence-corrected chi connectivity index (χ0v) is 8.29. The van der Waals surface area contributed by atoms with E-state index in [2.05, 4.69) is 0 Å². The van der Waals surface area contributed by atoms with Gasteiger partial charge in [-0.3, -0.25) is 4.79 Å². The van der Waals surface area contributed by atoms with E-state index in [0.29, 0.717) is 12.8 Å². The minimum Gasteiger partial charge on any atom is -0.480 e. The number of ether oxygens (including phenoxy) is 1. The summed E-state index contributed by atoms with van der Waals surface area (Å²) in [5, 5.41) is 8.82. The third-order valence-electron chi connectivity index (χ3n) is 2.71. The first kappa shape index (κ1) is 12.3. The van der Waals surface area contributed by atoms with Crippen LogP contribution < -0.4 is 5.73 Å². The molecule has 0 amide bonds. The number of rotatable bonds is 4. The van der Waals surface area contributed by atoms with Gasteiger partial charge in [-0.15, -0.1) is 0 Å². The van der Waals surface area contributed by atoms with Crippen LogP contribution in [0.2, 0.25) is 0 Å². The minimum atomic E-state index is -2.48. The van der Waals surface area contributed by atoms with Crippen LogP contribution in [0.1, 0.15) is 25.7 Å². The van der Waals surface area contributed by atoms with Crippen LogP contribution in [0.15, 0.2) is 0 Å². The number of hydrogen-bond acceptors (Lipinski definition) is 3. The number of aliphatic carboxylic acids is 1. The summed E-state index contributed by atoms with van der Waals surface area (Å²) in [7, 11) is 0. The first-order valence-electron chi connectivity index (χ1n) is 4.86. The zero-order valence-electron chi connectivity index (χ0n) is 8.29. The van der Waals surface area contributed by atoms with Gasteiger partial charge >= 0.3 is 5.97 Å². The highest BCUT2D eigenvalue weighted by molar-refractivity contribution is 5.78. The van der Waals surface area contributed by atoms with Crippen molar-refractivity contribution in [3.05, 3.63) is 0 Å². The molecular formula is C9H15F2NO3. The smallest absolute Gasteiger partial charge is 0.323 e. The van der Waals surface area contributed by atoms with Crippen LogP contribution in [0, 0.1) is 0 Å². The molecule has 88 valence electrons. The van der Waals surface area contributed by atoms with Gasteiger partial charge in [0.1, 0.15) is 12.1 Å². The van der Waals surface area contributed by atoms with Crippen LogP contribution in [0.3, 0.4) is 0 Å². The Balaban J connectivity index is 2.32. The summed E-state index contributed by atoms with van der Waals surface area (Å²) < 4.78 is 28.6. The number of carboxylic acid groups (broad SMARTS) is 1. The number of hydrogen-bond donors (Lipinski definition) is 2. The average molecular weight is 223 g/mol. The summed E-state index contributed by atoms with van der Waals surface area (Å²) >= 11 is 0. The van der Waals surface area contributed by atoms with E-state index in [1.165, 1.54) is 0 Å². The molecular weight excluding hydrogens is 208 g/mol. The van der Waals surface area contributed by atoms with Crippen LogP contribution in [0.5, 0.6) is 0 Å². The second-order valence-corrected chi connectivity index (χ2v) is 3.89. The van der Waals surface area contributed by atoms with Crippen molar-refractivity contribution in [3.63, 3.8) is 0 Å². The Morgan fingerprint density at radius 2 is 2.07 bits per heavy atom. The van der Waals surface area contributed by atoms with E-state index in [0.717, 1.165) is 0 Å². The molecule has 0 aromatic rings. The molecule has 0 unspecified atom stereocenters. The Labute approximate surface area is 86.4 Å². The zero-order chi connectivity index (χ0) is 11.5. The molecule has 1 aliphatic carbocycles. The standard InChI is InChI=1S/C9H15F2NO3/c10-7(11)5-15-6-1-3-9(12,4-2-6)8(13)14/h6-7H,1-5,12H2,(H,13,14). The first-order valence-corrected chi connectivity index (χ1v) is 4.86. The fourth-order valence-corrected chi connectivity index (χ4v) is 1.70. The van der Waals surface area contributed by atoms with Crippen molar-refractivity contribution in [2.24, 2.45) is 5.73 Å².